The van der Waals surface area contributed by atoms with E-state index in [0.717, 1.165) is 47.3 Å². The number of carbonyl (C=O) groups excluding carboxylic acids is 1. The van der Waals surface area contributed by atoms with Gasteiger partial charge in [0.15, 0.2) is 0 Å². The summed E-state index contributed by atoms with van der Waals surface area (Å²) in [6.07, 6.45) is 6.76. The Morgan fingerprint density at radius 3 is 2.79 bits per heavy atom. The fourth-order valence-electron chi connectivity index (χ4n) is 5.04. The van der Waals surface area contributed by atoms with E-state index in [1.165, 1.54) is 42.3 Å². The van der Waals surface area contributed by atoms with Crippen molar-refractivity contribution in [2.75, 3.05) is 50.0 Å². The van der Waals surface area contributed by atoms with Gasteiger partial charge in [0, 0.05) is 62.7 Å². The molecule has 0 radical (unpaired) electrons. The molecule has 0 spiro atoms. The molecule has 1 saturated heterocycles. The van der Waals surface area contributed by atoms with Crippen molar-refractivity contribution in [3.05, 3.63) is 47.0 Å². The van der Waals surface area contributed by atoms with Crippen molar-refractivity contribution >= 4 is 44.5 Å². The quantitative estimate of drug-likeness (QED) is 0.526. The van der Waals surface area contributed by atoms with Crippen LogP contribution in [0.25, 0.3) is 10.1 Å². The first kappa shape index (κ1) is 22.2. The van der Waals surface area contributed by atoms with Crippen LogP contribution >= 0.6 is 11.3 Å². The number of nitrogens with one attached hydrogen (secondary N) is 2. The molecular weight excluding hydrogens is 430 g/mol. The van der Waals surface area contributed by atoms with Crippen LogP contribution in [-0.2, 0) is 0 Å². The Kier molecular flexibility index (Phi) is 6.51. The average molecular weight is 464 g/mol. The fourth-order valence-corrected chi connectivity index (χ4v) is 6.27. The topological polar surface area (TPSA) is 60.5 Å². The molecule has 1 saturated carbocycles. The van der Waals surface area contributed by atoms with Crippen LogP contribution < -0.4 is 15.5 Å². The van der Waals surface area contributed by atoms with Crippen LogP contribution in [0.1, 0.15) is 53.8 Å². The molecular formula is C26H33N5OS. The van der Waals surface area contributed by atoms with Crippen LogP contribution in [0.2, 0.25) is 0 Å². The van der Waals surface area contributed by atoms with Gasteiger partial charge in [0.1, 0.15) is 5.82 Å². The van der Waals surface area contributed by atoms with E-state index in [2.05, 4.69) is 45.9 Å². The van der Waals surface area contributed by atoms with Crippen molar-refractivity contribution in [2.45, 2.75) is 38.5 Å². The van der Waals surface area contributed by atoms with Crippen LogP contribution in [0.15, 0.2) is 36.5 Å². The molecule has 1 aliphatic carbocycles. The highest BCUT2D eigenvalue weighted by atomic mass is 32.1. The summed E-state index contributed by atoms with van der Waals surface area (Å²) in [4.78, 5) is 23.0. The number of hydrogen-bond acceptors (Lipinski definition) is 6. The highest BCUT2D eigenvalue weighted by Crippen LogP contribution is 2.44. The van der Waals surface area contributed by atoms with Gasteiger partial charge in [-0.3, -0.25) is 4.79 Å². The van der Waals surface area contributed by atoms with E-state index >= 15 is 0 Å². The zero-order valence-electron chi connectivity index (χ0n) is 19.6. The molecule has 2 aliphatic rings. The van der Waals surface area contributed by atoms with Crippen molar-refractivity contribution in [3.8, 4) is 0 Å². The van der Waals surface area contributed by atoms with Crippen molar-refractivity contribution in [1.82, 2.24) is 15.2 Å². The number of thiophene rings is 1. The summed E-state index contributed by atoms with van der Waals surface area (Å²) >= 11 is 1.60. The monoisotopic (exact) mass is 463 g/mol. The van der Waals surface area contributed by atoms with Gasteiger partial charge in [-0.15, -0.1) is 11.3 Å². The molecule has 0 bridgehead atoms. The van der Waals surface area contributed by atoms with Crippen molar-refractivity contribution in [2.24, 2.45) is 0 Å². The van der Waals surface area contributed by atoms with Crippen LogP contribution in [-0.4, -0.2) is 55.6 Å². The Bertz CT molecular complexity index is 1130. The van der Waals surface area contributed by atoms with E-state index in [-0.39, 0.29) is 5.91 Å². The lowest BCUT2D eigenvalue weighted by atomic mass is 9.94. The molecule has 2 aromatic heterocycles. The number of amides is 1. The average Bonchev–Trinajstić information content (AvgIpc) is 3.51. The molecule has 174 valence electrons. The molecule has 33 heavy (non-hydrogen) atoms. The summed E-state index contributed by atoms with van der Waals surface area (Å²) in [5.74, 6) is 1.44. The Labute approximate surface area is 200 Å². The first-order valence-electron chi connectivity index (χ1n) is 12.1. The molecule has 3 heterocycles. The maximum atomic E-state index is 13.2. The van der Waals surface area contributed by atoms with Gasteiger partial charge in [-0.1, -0.05) is 18.9 Å². The number of benzene rings is 1. The number of hydrogen-bond donors (Lipinski definition) is 2. The zero-order chi connectivity index (χ0) is 22.8. The molecule has 2 N–H and O–H groups in total. The minimum Gasteiger partial charge on any atom is -0.369 e. The molecule has 0 atom stereocenters. The third kappa shape index (κ3) is 4.57. The first-order chi connectivity index (χ1) is 16.1. The smallest absolute Gasteiger partial charge is 0.263 e. The van der Waals surface area contributed by atoms with Crippen molar-refractivity contribution < 1.29 is 4.79 Å². The SMILES string of the molecule is CCN(C)C(=O)c1sc2cnc(Nc3cccc(N4CCNCC4)c3)cc2c1C1CCCC1. The molecule has 7 heteroatoms. The lowest BCUT2D eigenvalue weighted by Gasteiger charge is -2.29. The maximum absolute atomic E-state index is 13.2. The number of rotatable bonds is 6. The van der Waals surface area contributed by atoms with Gasteiger partial charge in [-0.2, -0.15) is 0 Å². The Morgan fingerprint density at radius 2 is 2.03 bits per heavy atom. The number of anilines is 3. The van der Waals surface area contributed by atoms with E-state index in [1.54, 1.807) is 11.3 Å². The normalized spacial score (nSPS) is 17.0. The fraction of sp³-hybridized carbons (Fsp3) is 0.462. The molecule has 1 aromatic carbocycles. The predicted octanol–water partition coefficient (Wildman–Crippen LogP) is 5.20. The molecule has 0 unspecified atom stereocenters. The molecule has 1 aliphatic heterocycles. The van der Waals surface area contributed by atoms with E-state index < -0.39 is 0 Å². The van der Waals surface area contributed by atoms with Gasteiger partial charge >= 0.3 is 0 Å². The number of fused-ring (bicyclic) bond motifs is 1. The number of piperazine rings is 1. The zero-order valence-corrected chi connectivity index (χ0v) is 20.4. The highest BCUT2D eigenvalue weighted by Gasteiger charge is 2.28. The minimum atomic E-state index is 0.138. The Balaban J connectivity index is 1.48. The van der Waals surface area contributed by atoms with E-state index in [4.69, 9.17) is 4.98 Å². The molecule has 3 aromatic rings. The second kappa shape index (κ2) is 9.69. The highest BCUT2D eigenvalue weighted by molar-refractivity contribution is 7.21. The molecule has 2 fully saturated rings. The predicted molar refractivity (Wildman–Crippen MR) is 138 cm³/mol. The lowest BCUT2D eigenvalue weighted by molar-refractivity contribution is 0.0806. The molecule has 5 rings (SSSR count). The lowest BCUT2D eigenvalue weighted by Crippen LogP contribution is -2.43. The Morgan fingerprint density at radius 1 is 1.24 bits per heavy atom. The van der Waals surface area contributed by atoms with Crippen molar-refractivity contribution in [1.29, 1.82) is 0 Å². The summed E-state index contributed by atoms with van der Waals surface area (Å²) in [5, 5.41) is 8.12. The third-order valence-corrected chi connectivity index (χ3v) is 8.14. The van der Waals surface area contributed by atoms with E-state index in [1.807, 2.05) is 25.1 Å². The van der Waals surface area contributed by atoms with E-state index in [0.29, 0.717) is 12.5 Å². The number of nitrogens with zero attached hydrogens (tertiary/aromatic N) is 3. The van der Waals surface area contributed by atoms with Gasteiger partial charge in [0.25, 0.3) is 5.91 Å². The first-order valence-corrected chi connectivity index (χ1v) is 13.0. The van der Waals surface area contributed by atoms with Crippen molar-refractivity contribution in [3.63, 3.8) is 0 Å². The van der Waals surface area contributed by atoms with Crippen LogP contribution in [0.4, 0.5) is 17.2 Å². The van der Waals surface area contributed by atoms with Gasteiger partial charge < -0.3 is 20.4 Å². The van der Waals surface area contributed by atoms with Crippen LogP contribution in [0, 0.1) is 0 Å². The van der Waals surface area contributed by atoms with E-state index in [9.17, 15) is 4.79 Å². The number of carbonyl (C=O) groups is 1. The van der Waals surface area contributed by atoms with Crippen LogP contribution in [0.3, 0.4) is 0 Å². The summed E-state index contributed by atoms with van der Waals surface area (Å²) in [6.45, 7) is 6.83. The summed E-state index contributed by atoms with van der Waals surface area (Å²) in [6, 6.07) is 10.7. The number of aromatic nitrogens is 1. The minimum absolute atomic E-state index is 0.138. The van der Waals surface area contributed by atoms with Gasteiger partial charge in [0.05, 0.1) is 9.58 Å². The van der Waals surface area contributed by atoms with Gasteiger partial charge in [0.2, 0.25) is 0 Å². The standard InChI is InChI=1S/C26H33N5OS/c1-3-30(2)26(32)25-24(18-7-4-5-8-18)21-16-23(28-17-22(21)33-25)29-19-9-6-10-20(15-19)31-13-11-27-12-14-31/h6,9-10,15-18,27H,3-5,7-8,11-14H2,1-2H3,(H,28,29). The maximum Gasteiger partial charge on any atom is 0.263 e. The second-order valence-corrected chi connectivity index (χ2v) is 10.2. The summed E-state index contributed by atoms with van der Waals surface area (Å²) < 4.78 is 1.10. The number of pyridine rings is 1. The summed E-state index contributed by atoms with van der Waals surface area (Å²) in [5.41, 5.74) is 3.52. The largest absolute Gasteiger partial charge is 0.369 e. The van der Waals surface area contributed by atoms with Gasteiger partial charge in [-0.25, -0.2) is 4.98 Å². The summed E-state index contributed by atoms with van der Waals surface area (Å²) in [7, 11) is 1.89. The second-order valence-electron chi connectivity index (χ2n) is 9.12. The third-order valence-electron chi connectivity index (χ3n) is 6.99. The van der Waals surface area contributed by atoms with Crippen LogP contribution in [0.5, 0.6) is 0 Å². The Hall–Kier alpha value is -2.64. The molecule has 6 nitrogen and oxygen atoms in total. The van der Waals surface area contributed by atoms with Gasteiger partial charge in [-0.05, 0) is 55.5 Å². The molecule has 1 amide bonds.